The van der Waals surface area contributed by atoms with E-state index in [2.05, 4.69) is 21.3 Å². The van der Waals surface area contributed by atoms with E-state index in [9.17, 15) is 19.5 Å². The molecule has 172 valence electrons. The molecule has 0 aliphatic rings. The fraction of sp³-hybridized carbons (Fsp3) is 0.348. The van der Waals surface area contributed by atoms with Crippen LogP contribution in [-0.4, -0.2) is 54.3 Å². The Bertz CT molecular complexity index is 863. The van der Waals surface area contributed by atoms with Crippen LogP contribution in [0.2, 0.25) is 0 Å². The summed E-state index contributed by atoms with van der Waals surface area (Å²) in [6.45, 7) is 3.38. The van der Waals surface area contributed by atoms with E-state index in [4.69, 9.17) is 4.74 Å². The number of hydrogen-bond donors (Lipinski definition) is 5. The van der Waals surface area contributed by atoms with Crippen molar-refractivity contribution < 1.29 is 24.2 Å². The molecule has 32 heavy (non-hydrogen) atoms. The van der Waals surface area contributed by atoms with Gasteiger partial charge in [0.1, 0.15) is 18.7 Å². The van der Waals surface area contributed by atoms with E-state index in [1.807, 2.05) is 60.7 Å². The van der Waals surface area contributed by atoms with Gasteiger partial charge in [-0.25, -0.2) is 4.79 Å². The average molecular weight is 443 g/mol. The van der Waals surface area contributed by atoms with Crippen molar-refractivity contribution in [2.75, 3.05) is 18.4 Å². The summed E-state index contributed by atoms with van der Waals surface area (Å²) < 4.78 is 5.08. The van der Waals surface area contributed by atoms with Crippen molar-refractivity contribution in [2.24, 2.45) is 0 Å². The van der Waals surface area contributed by atoms with Gasteiger partial charge in [-0.2, -0.15) is 0 Å². The highest BCUT2D eigenvalue weighted by Crippen LogP contribution is 2.04. The van der Waals surface area contributed by atoms with Gasteiger partial charge in [0.15, 0.2) is 0 Å². The SMILES string of the molecule is C[C@H](NC(=O)OCc1ccccc1)C(=O)N[C@@H](C)C(=O)NCC(O)CNc1ccccc1. The summed E-state index contributed by atoms with van der Waals surface area (Å²) >= 11 is 0. The zero-order valence-corrected chi connectivity index (χ0v) is 18.2. The highest BCUT2D eigenvalue weighted by molar-refractivity contribution is 5.90. The Kier molecular flexibility index (Phi) is 9.99. The summed E-state index contributed by atoms with van der Waals surface area (Å²) in [5.74, 6) is -0.980. The zero-order chi connectivity index (χ0) is 23.3. The number of hydrogen-bond acceptors (Lipinski definition) is 6. The summed E-state index contributed by atoms with van der Waals surface area (Å²) in [6, 6.07) is 16.8. The minimum absolute atomic E-state index is 0.0263. The van der Waals surface area contributed by atoms with Crippen molar-refractivity contribution in [1.29, 1.82) is 0 Å². The van der Waals surface area contributed by atoms with E-state index < -0.39 is 36.1 Å². The predicted octanol–water partition coefficient (Wildman–Crippen LogP) is 1.40. The highest BCUT2D eigenvalue weighted by atomic mass is 16.5. The average Bonchev–Trinajstić information content (AvgIpc) is 2.81. The van der Waals surface area contributed by atoms with Gasteiger partial charge in [0, 0.05) is 18.8 Å². The number of ether oxygens (including phenoxy) is 1. The first-order valence-electron chi connectivity index (χ1n) is 10.4. The number of para-hydroxylation sites is 1. The van der Waals surface area contributed by atoms with Crippen LogP contribution >= 0.6 is 0 Å². The number of alkyl carbamates (subject to hydrolysis) is 1. The first-order valence-corrected chi connectivity index (χ1v) is 10.4. The fourth-order valence-corrected chi connectivity index (χ4v) is 2.65. The molecular weight excluding hydrogens is 412 g/mol. The summed E-state index contributed by atoms with van der Waals surface area (Å²) in [4.78, 5) is 36.3. The van der Waals surface area contributed by atoms with Crippen molar-refractivity contribution in [3.63, 3.8) is 0 Å². The molecule has 0 saturated heterocycles. The molecule has 0 fully saturated rings. The number of nitrogens with one attached hydrogen (secondary N) is 4. The number of benzene rings is 2. The summed E-state index contributed by atoms with van der Waals surface area (Å²) in [7, 11) is 0. The Labute approximate surface area is 187 Å². The second kappa shape index (κ2) is 13.0. The van der Waals surface area contributed by atoms with Gasteiger partial charge in [0.25, 0.3) is 0 Å². The van der Waals surface area contributed by atoms with Gasteiger partial charge in [-0.05, 0) is 31.5 Å². The molecule has 3 atom stereocenters. The molecule has 2 aromatic carbocycles. The van der Waals surface area contributed by atoms with Crippen LogP contribution in [0, 0.1) is 0 Å². The quantitative estimate of drug-likeness (QED) is 0.358. The molecule has 9 nitrogen and oxygen atoms in total. The Hall–Kier alpha value is -3.59. The monoisotopic (exact) mass is 442 g/mol. The Balaban J connectivity index is 1.65. The van der Waals surface area contributed by atoms with Gasteiger partial charge < -0.3 is 31.1 Å². The molecule has 0 heterocycles. The molecule has 0 aliphatic heterocycles. The van der Waals surface area contributed by atoms with Gasteiger partial charge in [0.2, 0.25) is 11.8 Å². The van der Waals surface area contributed by atoms with Gasteiger partial charge in [0.05, 0.1) is 6.10 Å². The van der Waals surface area contributed by atoms with Crippen LogP contribution in [0.3, 0.4) is 0 Å². The summed E-state index contributed by atoms with van der Waals surface area (Å²) in [6.07, 6.45) is -1.54. The number of aliphatic hydroxyl groups is 1. The number of carbonyl (C=O) groups is 3. The Morgan fingerprint density at radius 1 is 0.844 bits per heavy atom. The number of aliphatic hydroxyl groups excluding tert-OH is 1. The van der Waals surface area contributed by atoms with Crippen LogP contribution in [0.1, 0.15) is 19.4 Å². The maximum Gasteiger partial charge on any atom is 0.408 e. The lowest BCUT2D eigenvalue weighted by molar-refractivity contribution is -0.129. The summed E-state index contributed by atoms with van der Waals surface area (Å²) in [5, 5.41) is 20.6. The van der Waals surface area contributed by atoms with Gasteiger partial charge >= 0.3 is 6.09 Å². The van der Waals surface area contributed by atoms with Crippen LogP contribution in [0.15, 0.2) is 60.7 Å². The van der Waals surface area contributed by atoms with Crippen LogP contribution in [0.25, 0.3) is 0 Å². The molecular formula is C23H30N4O5. The third-order valence-electron chi connectivity index (χ3n) is 4.52. The van der Waals surface area contributed by atoms with Gasteiger partial charge in [-0.3, -0.25) is 9.59 Å². The smallest absolute Gasteiger partial charge is 0.408 e. The molecule has 2 rings (SSSR count). The maximum absolute atomic E-state index is 12.2. The lowest BCUT2D eigenvalue weighted by atomic mass is 10.2. The van der Waals surface area contributed by atoms with Gasteiger partial charge in [-0.15, -0.1) is 0 Å². The molecule has 5 N–H and O–H groups in total. The van der Waals surface area contributed by atoms with E-state index in [1.165, 1.54) is 13.8 Å². The van der Waals surface area contributed by atoms with Gasteiger partial charge in [-0.1, -0.05) is 48.5 Å². The molecule has 0 radical (unpaired) electrons. The second-order valence-electron chi connectivity index (χ2n) is 7.30. The first-order chi connectivity index (χ1) is 15.3. The second-order valence-corrected chi connectivity index (χ2v) is 7.30. The van der Waals surface area contributed by atoms with Crippen LogP contribution in [0.4, 0.5) is 10.5 Å². The number of amides is 3. The summed E-state index contributed by atoms with van der Waals surface area (Å²) in [5.41, 5.74) is 1.69. The Morgan fingerprint density at radius 3 is 2.09 bits per heavy atom. The standard InChI is InChI=1S/C23H30N4O5/c1-16(21(29)25-14-20(28)13-24-19-11-7-4-8-12-19)26-22(30)17(2)27-23(31)32-15-18-9-5-3-6-10-18/h3-12,16-17,20,24,28H,13-15H2,1-2H3,(H,25,29)(H,26,30)(H,27,31)/t16-,17-,20?/m0/s1. The number of anilines is 1. The number of rotatable bonds is 11. The zero-order valence-electron chi connectivity index (χ0n) is 18.2. The van der Waals surface area contributed by atoms with Crippen molar-refractivity contribution >= 4 is 23.6 Å². The molecule has 3 amide bonds. The normalized spacial score (nSPS) is 13.2. The minimum Gasteiger partial charge on any atom is -0.445 e. The molecule has 0 spiro atoms. The topological polar surface area (TPSA) is 129 Å². The fourth-order valence-electron chi connectivity index (χ4n) is 2.65. The lowest BCUT2D eigenvalue weighted by Crippen LogP contribution is -2.52. The highest BCUT2D eigenvalue weighted by Gasteiger charge is 2.21. The van der Waals surface area contributed by atoms with Crippen molar-refractivity contribution in [3.05, 3.63) is 66.2 Å². The molecule has 0 aliphatic carbocycles. The molecule has 2 aromatic rings. The first kappa shape index (κ1) is 24.7. The molecule has 0 saturated carbocycles. The van der Waals surface area contributed by atoms with Crippen molar-refractivity contribution in [2.45, 2.75) is 38.6 Å². The largest absolute Gasteiger partial charge is 0.445 e. The van der Waals surface area contributed by atoms with E-state index in [0.29, 0.717) is 0 Å². The van der Waals surface area contributed by atoms with Crippen molar-refractivity contribution in [1.82, 2.24) is 16.0 Å². The van der Waals surface area contributed by atoms with Crippen molar-refractivity contribution in [3.8, 4) is 0 Å². The van der Waals surface area contributed by atoms with Crippen LogP contribution < -0.4 is 21.3 Å². The van der Waals surface area contributed by atoms with Crippen LogP contribution in [-0.2, 0) is 20.9 Å². The molecule has 0 bridgehead atoms. The van der Waals surface area contributed by atoms with E-state index in [1.54, 1.807) is 0 Å². The molecule has 1 unspecified atom stereocenters. The predicted molar refractivity (Wildman–Crippen MR) is 121 cm³/mol. The number of carbonyl (C=O) groups excluding carboxylic acids is 3. The Morgan fingerprint density at radius 2 is 1.44 bits per heavy atom. The maximum atomic E-state index is 12.2. The molecule has 0 aromatic heterocycles. The molecule has 9 heteroatoms. The van der Waals surface area contributed by atoms with Crippen LogP contribution in [0.5, 0.6) is 0 Å². The van der Waals surface area contributed by atoms with E-state index in [0.717, 1.165) is 11.3 Å². The third-order valence-corrected chi connectivity index (χ3v) is 4.52. The minimum atomic E-state index is -0.894. The van der Waals surface area contributed by atoms with E-state index >= 15 is 0 Å². The van der Waals surface area contributed by atoms with E-state index in [-0.39, 0.29) is 19.7 Å². The third kappa shape index (κ3) is 9.05. The lowest BCUT2D eigenvalue weighted by Gasteiger charge is -2.19.